The first-order chi connectivity index (χ1) is 7.08. The molecule has 0 aromatic carbocycles. The van der Waals surface area contributed by atoms with Crippen LogP contribution in [0, 0.1) is 13.8 Å². The third kappa shape index (κ3) is 1.63. The Balaban J connectivity index is 2.52. The molecule has 2 aromatic heterocycles. The third-order valence-electron chi connectivity index (χ3n) is 2.35. The van der Waals surface area contributed by atoms with E-state index in [4.69, 9.17) is 5.11 Å². The normalized spacial score (nSPS) is 10.5. The molecule has 15 heavy (non-hydrogen) atoms. The van der Waals surface area contributed by atoms with Crippen LogP contribution in [0.2, 0.25) is 0 Å². The number of rotatable bonds is 1. The van der Waals surface area contributed by atoms with Gasteiger partial charge >= 0.3 is 6.09 Å². The standard InChI is InChI=1S/C10H11N3O2/c1-6-7(2)13-4-3-8(12-10(14)15)5-9(13)11-6/h3-5,12H,1-2H3,(H,14,15). The average molecular weight is 205 g/mol. The van der Waals surface area contributed by atoms with Crippen molar-refractivity contribution in [3.05, 3.63) is 29.7 Å². The van der Waals surface area contributed by atoms with Crippen molar-refractivity contribution in [2.45, 2.75) is 13.8 Å². The van der Waals surface area contributed by atoms with Gasteiger partial charge in [-0.3, -0.25) is 5.32 Å². The van der Waals surface area contributed by atoms with Crippen LogP contribution in [0.15, 0.2) is 18.3 Å². The number of aryl methyl sites for hydroxylation is 2. The zero-order chi connectivity index (χ0) is 11.0. The molecule has 0 fully saturated rings. The highest BCUT2D eigenvalue weighted by Gasteiger charge is 2.05. The molecule has 1 amide bonds. The Labute approximate surface area is 86.4 Å². The Morgan fingerprint density at radius 1 is 1.53 bits per heavy atom. The zero-order valence-electron chi connectivity index (χ0n) is 8.48. The molecule has 0 radical (unpaired) electrons. The van der Waals surface area contributed by atoms with E-state index in [1.54, 1.807) is 18.3 Å². The number of imidazole rings is 1. The largest absolute Gasteiger partial charge is 0.465 e. The maximum atomic E-state index is 10.4. The van der Waals surface area contributed by atoms with Gasteiger partial charge in [-0.1, -0.05) is 0 Å². The maximum Gasteiger partial charge on any atom is 0.409 e. The number of carbonyl (C=O) groups is 1. The first kappa shape index (κ1) is 9.51. The van der Waals surface area contributed by atoms with E-state index >= 15 is 0 Å². The molecule has 0 spiro atoms. The van der Waals surface area contributed by atoms with Crippen LogP contribution in [-0.4, -0.2) is 20.6 Å². The monoisotopic (exact) mass is 205 g/mol. The molecule has 0 aliphatic heterocycles. The molecule has 5 heteroatoms. The van der Waals surface area contributed by atoms with Gasteiger partial charge in [-0.15, -0.1) is 0 Å². The highest BCUT2D eigenvalue weighted by atomic mass is 16.4. The lowest BCUT2D eigenvalue weighted by atomic mass is 10.4. The number of nitrogens with one attached hydrogen (secondary N) is 1. The Morgan fingerprint density at radius 2 is 2.27 bits per heavy atom. The molecule has 0 unspecified atom stereocenters. The zero-order valence-corrected chi connectivity index (χ0v) is 8.48. The Kier molecular flexibility index (Phi) is 2.07. The Morgan fingerprint density at radius 3 is 2.93 bits per heavy atom. The maximum absolute atomic E-state index is 10.4. The molecular weight excluding hydrogens is 194 g/mol. The van der Waals surface area contributed by atoms with Gasteiger partial charge in [0.15, 0.2) is 0 Å². The van der Waals surface area contributed by atoms with E-state index < -0.39 is 6.09 Å². The average Bonchev–Trinajstić information content (AvgIpc) is 2.41. The molecule has 78 valence electrons. The van der Waals surface area contributed by atoms with Gasteiger partial charge in [0.2, 0.25) is 0 Å². The number of fused-ring (bicyclic) bond motifs is 1. The minimum atomic E-state index is -1.07. The molecule has 5 nitrogen and oxygen atoms in total. The summed E-state index contributed by atoms with van der Waals surface area (Å²) in [4.78, 5) is 14.7. The van der Waals surface area contributed by atoms with Gasteiger partial charge in [0, 0.05) is 23.6 Å². The first-order valence-corrected chi connectivity index (χ1v) is 4.53. The molecule has 2 heterocycles. The van der Waals surface area contributed by atoms with Gasteiger partial charge < -0.3 is 9.51 Å². The van der Waals surface area contributed by atoms with Crippen LogP contribution in [0.4, 0.5) is 10.5 Å². The summed E-state index contributed by atoms with van der Waals surface area (Å²) >= 11 is 0. The lowest BCUT2D eigenvalue weighted by molar-refractivity contribution is 0.210. The minimum Gasteiger partial charge on any atom is -0.465 e. The molecule has 2 aromatic rings. The third-order valence-corrected chi connectivity index (χ3v) is 2.35. The van der Waals surface area contributed by atoms with E-state index in [-0.39, 0.29) is 0 Å². The number of pyridine rings is 1. The van der Waals surface area contributed by atoms with Gasteiger partial charge in [0.05, 0.1) is 5.69 Å². The number of nitrogens with zero attached hydrogens (tertiary/aromatic N) is 2. The van der Waals surface area contributed by atoms with Crippen LogP contribution < -0.4 is 5.32 Å². The minimum absolute atomic E-state index is 0.528. The summed E-state index contributed by atoms with van der Waals surface area (Å²) in [6, 6.07) is 3.41. The van der Waals surface area contributed by atoms with Gasteiger partial charge in [-0.2, -0.15) is 0 Å². The molecule has 0 aliphatic rings. The fourth-order valence-corrected chi connectivity index (χ4v) is 1.49. The fraction of sp³-hybridized carbons (Fsp3) is 0.200. The van der Waals surface area contributed by atoms with Gasteiger partial charge in [0.1, 0.15) is 5.65 Å². The molecule has 2 N–H and O–H groups in total. The van der Waals surface area contributed by atoms with Gasteiger partial charge in [0.25, 0.3) is 0 Å². The van der Waals surface area contributed by atoms with Crippen LogP contribution >= 0.6 is 0 Å². The van der Waals surface area contributed by atoms with E-state index in [9.17, 15) is 4.79 Å². The summed E-state index contributed by atoms with van der Waals surface area (Å²) in [5.41, 5.74) is 3.28. The number of hydrogen-bond donors (Lipinski definition) is 2. The van der Waals surface area contributed by atoms with Crippen LogP contribution in [-0.2, 0) is 0 Å². The predicted octanol–water partition coefficient (Wildman–Crippen LogP) is 2.04. The summed E-state index contributed by atoms with van der Waals surface area (Å²) in [6.45, 7) is 3.90. The molecule has 0 saturated carbocycles. The summed E-state index contributed by atoms with van der Waals surface area (Å²) in [7, 11) is 0. The van der Waals surface area contributed by atoms with Crippen molar-refractivity contribution in [1.82, 2.24) is 9.38 Å². The molecular formula is C10H11N3O2. The number of anilines is 1. The molecule has 0 atom stereocenters. The molecule has 2 rings (SSSR count). The van der Waals surface area contributed by atoms with Crippen LogP contribution in [0.5, 0.6) is 0 Å². The smallest absolute Gasteiger partial charge is 0.409 e. The van der Waals surface area contributed by atoms with Gasteiger partial charge in [-0.05, 0) is 19.9 Å². The lowest BCUT2D eigenvalue weighted by Crippen LogP contribution is -2.07. The summed E-state index contributed by atoms with van der Waals surface area (Å²) in [5.74, 6) is 0. The number of amides is 1. The number of aromatic nitrogens is 2. The van der Waals surface area contributed by atoms with Crippen LogP contribution in [0.3, 0.4) is 0 Å². The van der Waals surface area contributed by atoms with Crippen LogP contribution in [0.1, 0.15) is 11.4 Å². The topological polar surface area (TPSA) is 66.6 Å². The van der Waals surface area contributed by atoms with Crippen molar-refractivity contribution in [2.24, 2.45) is 0 Å². The van der Waals surface area contributed by atoms with E-state index in [2.05, 4.69) is 10.3 Å². The lowest BCUT2D eigenvalue weighted by Gasteiger charge is -2.01. The molecule has 0 saturated heterocycles. The van der Waals surface area contributed by atoms with Crippen molar-refractivity contribution >= 4 is 17.4 Å². The second-order valence-electron chi connectivity index (χ2n) is 3.36. The fourth-order valence-electron chi connectivity index (χ4n) is 1.49. The quantitative estimate of drug-likeness (QED) is 0.748. The summed E-state index contributed by atoms with van der Waals surface area (Å²) < 4.78 is 1.92. The van der Waals surface area contributed by atoms with E-state index in [0.29, 0.717) is 5.69 Å². The Bertz CT molecular complexity index is 531. The SMILES string of the molecule is Cc1nc2cc(NC(=O)O)ccn2c1C. The van der Waals surface area contributed by atoms with Crippen molar-refractivity contribution in [3.8, 4) is 0 Å². The first-order valence-electron chi connectivity index (χ1n) is 4.53. The van der Waals surface area contributed by atoms with E-state index in [1.807, 2.05) is 18.2 Å². The summed E-state index contributed by atoms with van der Waals surface area (Å²) in [6.07, 6.45) is 0.731. The van der Waals surface area contributed by atoms with E-state index in [1.165, 1.54) is 0 Å². The van der Waals surface area contributed by atoms with Crippen molar-refractivity contribution in [2.75, 3.05) is 5.32 Å². The van der Waals surface area contributed by atoms with Crippen molar-refractivity contribution in [1.29, 1.82) is 0 Å². The highest BCUT2D eigenvalue weighted by molar-refractivity contribution is 5.83. The van der Waals surface area contributed by atoms with Crippen molar-refractivity contribution in [3.63, 3.8) is 0 Å². The second-order valence-corrected chi connectivity index (χ2v) is 3.36. The number of hydrogen-bond acceptors (Lipinski definition) is 2. The van der Waals surface area contributed by atoms with Crippen LogP contribution in [0.25, 0.3) is 5.65 Å². The molecule has 0 aliphatic carbocycles. The number of carboxylic acid groups (broad SMARTS) is 1. The Hall–Kier alpha value is -2.04. The van der Waals surface area contributed by atoms with Gasteiger partial charge in [-0.25, -0.2) is 9.78 Å². The van der Waals surface area contributed by atoms with Crippen molar-refractivity contribution < 1.29 is 9.90 Å². The summed E-state index contributed by atoms with van der Waals surface area (Å²) in [5, 5.41) is 10.8. The highest BCUT2D eigenvalue weighted by Crippen LogP contribution is 2.15. The predicted molar refractivity (Wildman–Crippen MR) is 56.3 cm³/mol. The molecule has 0 bridgehead atoms. The second kappa shape index (κ2) is 3.27. The van der Waals surface area contributed by atoms with E-state index in [0.717, 1.165) is 17.0 Å².